The minimum atomic E-state index is -3.41. The Morgan fingerprint density at radius 3 is 2.62 bits per heavy atom. The first-order chi connectivity index (χ1) is 9.96. The van der Waals surface area contributed by atoms with Crippen LogP contribution in [-0.2, 0) is 20.5 Å². The van der Waals surface area contributed by atoms with E-state index in [4.69, 9.17) is 27.9 Å². The van der Waals surface area contributed by atoms with Gasteiger partial charge in [0, 0.05) is 36.2 Å². The average Bonchev–Trinajstić information content (AvgIpc) is 2.43. The number of nitrogens with one attached hydrogen (secondary N) is 1. The van der Waals surface area contributed by atoms with Crippen LogP contribution in [0.4, 0.5) is 0 Å². The lowest BCUT2D eigenvalue weighted by Crippen LogP contribution is -2.41. The molecule has 0 bridgehead atoms. The van der Waals surface area contributed by atoms with Crippen molar-refractivity contribution in [3.63, 3.8) is 0 Å². The molecule has 5 nitrogen and oxygen atoms in total. The zero-order valence-electron chi connectivity index (χ0n) is 11.5. The minimum Gasteiger partial charge on any atom is -0.379 e. The fourth-order valence-corrected chi connectivity index (χ4v) is 3.80. The van der Waals surface area contributed by atoms with E-state index in [0.717, 1.165) is 13.1 Å². The van der Waals surface area contributed by atoms with Crippen LogP contribution in [0.5, 0.6) is 0 Å². The number of hydrogen-bond donors (Lipinski definition) is 1. The van der Waals surface area contributed by atoms with Gasteiger partial charge in [-0.25, -0.2) is 13.1 Å². The second-order valence-corrected chi connectivity index (χ2v) is 7.49. The van der Waals surface area contributed by atoms with Crippen LogP contribution in [0.3, 0.4) is 0 Å². The molecule has 1 aliphatic rings. The normalized spacial score (nSPS) is 17.0. The van der Waals surface area contributed by atoms with Gasteiger partial charge in [0.2, 0.25) is 10.0 Å². The zero-order chi connectivity index (χ0) is 15.3. The highest BCUT2D eigenvalue weighted by atomic mass is 35.5. The van der Waals surface area contributed by atoms with Gasteiger partial charge in [0.05, 0.1) is 19.0 Å². The smallest absolute Gasteiger partial charge is 0.215 e. The summed E-state index contributed by atoms with van der Waals surface area (Å²) in [6.07, 6.45) is 0. The molecule has 1 aromatic rings. The second kappa shape index (κ2) is 7.76. The molecule has 0 atom stereocenters. The Morgan fingerprint density at radius 2 is 1.95 bits per heavy atom. The molecule has 0 spiro atoms. The van der Waals surface area contributed by atoms with Crippen molar-refractivity contribution >= 4 is 33.2 Å². The number of nitrogens with zero attached hydrogens (tertiary/aromatic N) is 1. The quantitative estimate of drug-likeness (QED) is 0.847. The van der Waals surface area contributed by atoms with Crippen molar-refractivity contribution in [3.05, 3.63) is 33.8 Å². The van der Waals surface area contributed by atoms with E-state index in [2.05, 4.69) is 9.62 Å². The maximum Gasteiger partial charge on any atom is 0.215 e. The van der Waals surface area contributed by atoms with Crippen molar-refractivity contribution in [2.75, 3.05) is 39.4 Å². The molecule has 1 heterocycles. The molecule has 1 N–H and O–H groups in total. The lowest BCUT2D eigenvalue weighted by molar-refractivity contribution is 0.0390. The topological polar surface area (TPSA) is 58.6 Å². The number of halogens is 2. The Kier molecular flexibility index (Phi) is 6.28. The third-order valence-electron chi connectivity index (χ3n) is 3.21. The molecule has 0 unspecified atom stereocenters. The van der Waals surface area contributed by atoms with Crippen molar-refractivity contribution in [1.29, 1.82) is 0 Å². The van der Waals surface area contributed by atoms with E-state index in [1.165, 1.54) is 0 Å². The van der Waals surface area contributed by atoms with Gasteiger partial charge in [0.15, 0.2) is 0 Å². The van der Waals surface area contributed by atoms with Gasteiger partial charge in [-0.2, -0.15) is 0 Å². The molecule has 0 amide bonds. The predicted molar refractivity (Wildman–Crippen MR) is 84.3 cm³/mol. The molecular formula is C13H18Cl2N2O3S. The lowest BCUT2D eigenvalue weighted by Gasteiger charge is -2.26. The number of benzene rings is 1. The number of rotatable bonds is 6. The van der Waals surface area contributed by atoms with E-state index in [1.807, 2.05) is 0 Å². The summed E-state index contributed by atoms with van der Waals surface area (Å²) in [7, 11) is -3.41. The largest absolute Gasteiger partial charge is 0.379 e. The predicted octanol–water partition coefficient (Wildman–Crippen LogP) is 1.75. The van der Waals surface area contributed by atoms with Crippen LogP contribution in [0.2, 0.25) is 10.0 Å². The van der Waals surface area contributed by atoms with Gasteiger partial charge >= 0.3 is 0 Å². The van der Waals surface area contributed by atoms with Crippen LogP contribution >= 0.6 is 23.2 Å². The molecule has 2 rings (SSSR count). The molecule has 21 heavy (non-hydrogen) atoms. The first-order valence-electron chi connectivity index (χ1n) is 6.68. The fourth-order valence-electron chi connectivity index (χ4n) is 2.08. The van der Waals surface area contributed by atoms with E-state index in [0.29, 0.717) is 41.9 Å². The van der Waals surface area contributed by atoms with Crippen molar-refractivity contribution in [2.24, 2.45) is 0 Å². The monoisotopic (exact) mass is 352 g/mol. The summed E-state index contributed by atoms with van der Waals surface area (Å²) >= 11 is 11.8. The van der Waals surface area contributed by atoms with Crippen LogP contribution < -0.4 is 4.72 Å². The molecule has 1 fully saturated rings. The number of ether oxygens (including phenoxy) is 1. The maximum absolute atomic E-state index is 12.0. The highest BCUT2D eigenvalue weighted by molar-refractivity contribution is 7.88. The van der Waals surface area contributed by atoms with Crippen LogP contribution in [0.1, 0.15) is 5.56 Å². The van der Waals surface area contributed by atoms with Gasteiger partial charge in [0.25, 0.3) is 0 Å². The van der Waals surface area contributed by atoms with Crippen molar-refractivity contribution in [3.8, 4) is 0 Å². The first-order valence-corrected chi connectivity index (χ1v) is 9.08. The van der Waals surface area contributed by atoms with Crippen molar-refractivity contribution in [1.82, 2.24) is 9.62 Å². The van der Waals surface area contributed by atoms with E-state index in [-0.39, 0.29) is 5.75 Å². The summed E-state index contributed by atoms with van der Waals surface area (Å²) in [4.78, 5) is 2.17. The summed E-state index contributed by atoms with van der Waals surface area (Å²) in [5.41, 5.74) is 0.542. The third-order valence-corrected chi connectivity index (χ3v) is 5.14. The SMILES string of the molecule is O=S(=O)(Cc1ccc(Cl)cc1Cl)NCCN1CCOCC1. The lowest BCUT2D eigenvalue weighted by atomic mass is 10.2. The summed E-state index contributed by atoms with van der Waals surface area (Å²) < 4.78 is 31.9. The third kappa shape index (κ3) is 5.73. The number of hydrogen-bond acceptors (Lipinski definition) is 4. The first kappa shape index (κ1) is 17.0. The molecule has 118 valence electrons. The molecule has 1 aromatic carbocycles. The maximum atomic E-state index is 12.0. The highest BCUT2D eigenvalue weighted by Crippen LogP contribution is 2.22. The standard InChI is InChI=1S/C13H18Cl2N2O3S/c14-12-2-1-11(13(15)9-12)10-21(18,19)16-3-4-17-5-7-20-8-6-17/h1-2,9,16H,3-8,10H2. The van der Waals surface area contributed by atoms with E-state index < -0.39 is 10.0 Å². The molecule has 0 aliphatic carbocycles. The summed E-state index contributed by atoms with van der Waals surface area (Å²) in [6.45, 7) is 4.14. The Labute approximate surface area is 135 Å². The Hall–Kier alpha value is -0.370. The highest BCUT2D eigenvalue weighted by Gasteiger charge is 2.15. The summed E-state index contributed by atoms with van der Waals surface area (Å²) in [5, 5.41) is 0.850. The molecular weight excluding hydrogens is 335 g/mol. The van der Waals surface area contributed by atoms with E-state index in [1.54, 1.807) is 18.2 Å². The van der Waals surface area contributed by atoms with Crippen LogP contribution in [0.15, 0.2) is 18.2 Å². The van der Waals surface area contributed by atoms with E-state index in [9.17, 15) is 8.42 Å². The van der Waals surface area contributed by atoms with Gasteiger partial charge in [-0.15, -0.1) is 0 Å². The molecule has 0 saturated carbocycles. The molecule has 1 aliphatic heterocycles. The Morgan fingerprint density at radius 1 is 1.24 bits per heavy atom. The molecule has 0 aromatic heterocycles. The van der Waals surface area contributed by atoms with E-state index >= 15 is 0 Å². The fraction of sp³-hybridized carbons (Fsp3) is 0.538. The second-order valence-electron chi connectivity index (χ2n) is 4.84. The Bertz CT molecular complexity index is 575. The summed E-state index contributed by atoms with van der Waals surface area (Å²) in [6, 6.07) is 4.81. The van der Waals surface area contributed by atoms with Crippen LogP contribution in [0.25, 0.3) is 0 Å². The molecule has 1 saturated heterocycles. The minimum absolute atomic E-state index is 0.147. The summed E-state index contributed by atoms with van der Waals surface area (Å²) in [5.74, 6) is -0.147. The average molecular weight is 353 g/mol. The van der Waals surface area contributed by atoms with Crippen LogP contribution in [0, 0.1) is 0 Å². The van der Waals surface area contributed by atoms with Gasteiger partial charge in [-0.3, -0.25) is 4.90 Å². The number of sulfonamides is 1. The van der Waals surface area contributed by atoms with Gasteiger partial charge < -0.3 is 4.74 Å². The number of morpholine rings is 1. The van der Waals surface area contributed by atoms with Crippen molar-refractivity contribution < 1.29 is 13.2 Å². The van der Waals surface area contributed by atoms with Crippen LogP contribution in [-0.4, -0.2) is 52.7 Å². The molecule has 0 radical (unpaired) electrons. The van der Waals surface area contributed by atoms with Crippen molar-refractivity contribution in [2.45, 2.75) is 5.75 Å². The Balaban J connectivity index is 1.83. The van der Waals surface area contributed by atoms with Gasteiger partial charge in [-0.05, 0) is 17.7 Å². The zero-order valence-corrected chi connectivity index (χ0v) is 13.8. The molecule has 8 heteroatoms. The van der Waals surface area contributed by atoms with Gasteiger partial charge in [-0.1, -0.05) is 29.3 Å². The van der Waals surface area contributed by atoms with Gasteiger partial charge in [0.1, 0.15) is 0 Å².